The number of unbranched alkanes of at least 4 members (excludes halogenated alkanes) is 1. The van der Waals surface area contributed by atoms with Gasteiger partial charge in [0, 0.05) is 19.6 Å². The zero-order valence-corrected chi connectivity index (χ0v) is 12.9. The lowest BCUT2D eigenvalue weighted by Gasteiger charge is -2.10. The fourth-order valence-corrected chi connectivity index (χ4v) is 3.28. The molecule has 3 amide bonds. The van der Waals surface area contributed by atoms with E-state index in [1.165, 1.54) is 28.0 Å². The minimum Gasteiger partial charge on any atom is -0.360 e. The Morgan fingerprint density at radius 2 is 2.40 bits per heavy atom. The molecular formula is C11H17N5O2S2. The zero-order chi connectivity index (χ0) is 14.4. The minimum atomic E-state index is -0.310. The van der Waals surface area contributed by atoms with Crippen molar-refractivity contribution in [3.05, 3.63) is 0 Å². The molecule has 1 fully saturated rings. The zero-order valence-electron chi connectivity index (χ0n) is 11.2. The smallest absolute Gasteiger partial charge is 0.324 e. The first-order valence-corrected chi connectivity index (χ1v) is 8.29. The molecule has 0 aliphatic carbocycles. The Labute approximate surface area is 125 Å². The molecule has 0 saturated carbocycles. The van der Waals surface area contributed by atoms with Crippen LogP contribution in [0.25, 0.3) is 0 Å². The van der Waals surface area contributed by atoms with Crippen LogP contribution in [0.1, 0.15) is 19.8 Å². The topological polar surface area (TPSA) is 87.2 Å². The number of urea groups is 1. The van der Waals surface area contributed by atoms with E-state index in [1.54, 1.807) is 0 Å². The van der Waals surface area contributed by atoms with E-state index in [-0.39, 0.29) is 17.7 Å². The van der Waals surface area contributed by atoms with Crippen LogP contribution in [0.5, 0.6) is 0 Å². The average Bonchev–Trinajstić information content (AvgIpc) is 3.05. The summed E-state index contributed by atoms with van der Waals surface area (Å²) in [5.74, 6) is 0.0116. The number of hydrogen-bond acceptors (Lipinski definition) is 7. The molecule has 1 aromatic heterocycles. The fourth-order valence-electron chi connectivity index (χ4n) is 1.62. The number of carbonyl (C=O) groups excluding carboxylic acids is 2. The lowest BCUT2D eigenvalue weighted by Crippen LogP contribution is -2.35. The van der Waals surface area contributed by atoms with E-state index in [0.717, 1.165) is 28.9 Å². The lowest BCUT2D eigenvalue weighted by molar-refractivity contribution is -0.124. The van der Waals surface area contributed by atoms with E-state index in [9.17, 15) is 9.59 Å². The second kappa shape index (κ2) is 7.44. The molecule has 0 aromatic carbocycles. The Morgan fingerprint density at radius 1 is 1.55 bits per heavy atom. The highest BCUT2D eigenvalue weighted by Gasteiger charge is 2.26. The lowest BCUT2D eigenvalue weighted by atomic mass is 10.3. The normalized spacial score (nSPS) is 14.4. The molecule has 0 spiro atoms. The van der Waals surface area contributed by atoms with Gasteiger partial charge in [0.25, 0.3) is 0 Å². The monoisotopic (exact) mass is 315 g/mol. The Balaban J connectivity index is 1.76. The van der Waals surface area contributed by atoms with Gasteiger partial charge in [-0.3, -0.25) is 9.69 Å². The summed E-state index contributed by atoms with van der Waals surface area (Å²) < 4.78 is 0.733. The number of carbonyl (C=O) groups is 2. The molecule has 2 rings (SSSR count). The number of anilines is 1. The standard InChI is InChI=1S/C11H17N5O2S2/c1-2-3-4-12-9-14-15-11(20-9)19-7-8(17)16-6-5-13-10(16)18/h2-7H2,1H3,(H,12,14)(H,13,18). The number of aromatic nitrogens is 2. The highest BCUT2D eigenvalue weighted by atomic mass is 32.2. The Bertz CT molecular complexity index is 479. The molecule has 2 heterocycles. The molecule has 0 bridgehead atoms. The van der Waals surface area contributed by atoms with Crippen molar-refractivity contribution in [2.75, 3.05) is 30.7 Å². The number of rotatable bonds is 7. The Morgan fingerprint density at radius 3 is 3.10 bits per heavy atom. The summed E-state index contributed by atoms with van der Waals surface area (Å²) >= 11 is 2.74. The summed E-state index contributed by atoms with van der Waals surface area (Å²) in [6.07, 6.45) is 2.21. The van der Waals surface area contributed by atoms with E-state index >= 15 is 0 Å². The number of thioether (sulfide) groups is 1. The van der Waals surface area contributed by atoms with Crippen LogP contribution >= 0.6 is 23.1 Å². The van der Waals surface area contributed by atoms with Crippen molar-refractivity contribution < 1.29 is 9.59 Å². The van der Waals surface area contributed by atoms with Crippen LogP contribution < -0.4 is 10.6 Å². The van der Waals surface area contributed by atoms with Crippen molar-refractivity contribution >= 4 is 40.2 Å². The predicted molar refractivity (Wildman–Crippen MR) is 79.1 cm³/mol. The van der Waals surface area contributed by atoms with Crippen LogP contribution in [-0.2, 0) is 4.79 Å². The molecule has 0 unspecified atom stereocenters. The maximum absolute atomic E-state index is 11.8. The SMILES string of the molecule is CCCCNc1nnc(SCC(=O)N2CCNC2=O)s1. The van der Waals surface area contributed by atoms with Gasteiger partial charge in [-0.2, -0.15) is 0 Å². The summed E-state index contributed by atoms with van der Waals surface area (Å²) in [7, 11) is 0. The molecule has 1 aromatic rings. The number of amides is 3. The number of nitrogens with one attached hydrogen (secondary N) is 2. The van der Waals surface area contributed by atoms with Gasteiger partial charge in [0.15, 0.2) is 4.34 Å². The summed E-state index contributed by atoms with van der Waals surface area (Å²) in [6, 6.07) is -0.310. The molecular weight excluding hydrogens is 298 g/mol. The van der Waals surface area contributed by atoms with Gasteiger partial charge in [0.2, 0.25) is 11.0 Å². The molecule has 20 heavy (non-hydrogen) atoms. The molecule has 0 atom stereocenters. The van der Waals surface area contributed by atoms with Crippen molar-refractivity contribution in [1.82, 2.24) is 20.4 Å². The van der Waals surface area contributed by atoms with Gasteiger partial charge in [-0.25, -0.2) is 4.79 Å². The average molecular weight is 315 g/mol. The first kappa shape index (κ1) is 15.0. The highest BCUT2D eigenvalue weighted by molar-refractivity contribution is 8.01. The van der Waals surface area contributed by atoms with Crippen LogP contribution in [0.2, 0.25) is 0 Å². The third kappa shape index (κ3) is 4.07. The summed E-state index contributed by atoms with van der Waals surface area (Å²) in [4.78, 5) is 24.4. The van der Waals surface area contributed by atoms with Crippen LogP contribution in [0.15, 0.2) is 4.34 Å². The first-order chi connectivity index (χ1) is 9.70. The maximum Gasteiger partial charge on any atom is 0.324 e. The second-order valence-corrected chi connectivity index (χ2v) is 6.42. The molecule has 1 saturated heterocycles. The third-order valence-electron chi connectivity index (χ3n) is 2.69. The van der Waals surface area contributed by atoms with Crippen molar-refractivity contribution in [2.45, 2.75) is 24.1 Å². The van der Waals surface area contributed by atoms with E-state index in [0.29, 0.717) is 13.1 Å². The van der Waals surface area contributed by atoms with Gasteiger partial charge in [-0.05, 0) is 6.42 Å². The first-order valence-electron chi connectivity index (χ1n) is 6.49. The molecule has 7 nitrogen and oxygen atoms in total. The molecule has 1 aliphatic rings. The molecule has 110 valence electrons. The Kier molecular flexibility index (Phi) is 5.60. The van der Waals surface area contributed by atoms with Gasteiger partial charge in [-0.1, -0.05) is 36.4 Å². The van der Waals surface area contributed by atoms with E-state index in [1.807, 2.05) is 0 Å². The third-order valence-corrected chi connectivity index (χ3v) is 4.69. The quantitative estimate of drug-likeness (QED) is 0.584. The fraction of sp³-hybridized carbons (Fsp3) is 0.636. The van der Waals surface area contributed by atoms with Crippen molar-refractivity contribution in [2.24, 2.45) is 0 Å². The second-order valence-electron chi connectivity index (χ2n) is 4.22. The van der Waals surface area contributed by atoms with E-state index < -0.39 is 0 Å². The number of imide groups is 1. The molecule has 0 radical (unpaired) electrons. The summed E-state index contributed by atoms with van der Waals surface area (Å²) in [5.41, 5.74) is 0. The van der Waals surface area contributed by atoms with E-state index in [2.05, 4.69) is 27.8 Å². The number of hydrogen-bond donors (Lipinski definition) is 2. The summed E-state index contributed by atoms with van der Waals surface area (Å²) in [6.45, 7) is 3.98. The molecule has 2 N–H and O–H groups in total. The van der Waals surface area contributed by atoms with E-state index in [4.69, 9.17) is 0 Å². The molecule has 9 heteroatoms. The van der Waals surface area contributed by atoms with Gasteiger partial charge in [0.05, 0.1) is 5.75 Å². The van der Waals surface area contributed by atoms with Crippen LogP contribution in [0.4, 0.5) is 9.93 Å². The number of nitrogens with zero attached hydrogens (tertiary/aromatic N) is 3. The van der Waals surface area contributed by atoms with Gasteiger partial charge in [-0.15, -0.1) is 10.2 Å². The van der Waals surface area contributed by atoms with Gasteiger partial charge < -0.3 is 10.6 Å². The largest absolute Gasteiger partial charge is 0.360 e. The van der Waals surface area contributed by atoms with Gasteiger partial charge in [0.1, 0.15) is 0 Å². The molecule has 1 aliphatic heterocycles. The van der Waals surface area contributed by atoms with Crippen LogP contribution in [-0.4, -0.2) is 52.4 Å². The highest BCUT2D eigenvalue weighted by Crippen LogP contribution is 2.25. The minimum absolute atomic E-state index is 0.194. The van der Waals surface area contributed by atoms with Crippen molar-refractivity contribution in [3.63, 3.8) is 0 Å². The van der Waals surface area contributed by atoms with Crippen molar-refractivity contribution in [3.8, 4) is 0 Å². The van der Waals surface area contributed by atoms with Gasteiger partial charge >= 0.3 is 6.03 Å². The maximum atomic E-state index is 11.8. The predicted octanol–water partition coefficient (Wildman–Crippen LogP) is 1.39. The van der Waals surface area contributed by atoms with Crippen molar-refractivity contribution in [1.29, 1.82) is 0 Å². The van der Waals surface area contributed by atoms with Crippen LogP contribution in [0, 0.1) is 0 Å². The Hall–Kier alpha value is -1.35. The van der Waals surface area contributed by atoms with Crippen LogP contribution in [0.3, 0.4) is 0 Å². The summed E-state index contributed by atoms with van der Waals surface area (Å²) in [5, 5.41) is 14.6.